The number of nitrogens with zero attached hydrogens (tertiary/aromatic N) is 4. The van der Waals surface area contributed by atoms with Crippen molar-refractivity contribution in [3.63, 3.8) is 0 Å². The molecule has 1 aromatic heterocycles. The van der Waals surface area contributed by atoms with Crippen molar-refractivity contribution in [1.29, 1.82) is 0 Å². The third-order valence-corrected chi connectivity index (χ3v) is 7.00. The van der Waals surface area contributed by atoms with E-state index in [-0.39, 0.29) is 19.1 Å². The molecule has 1 aliphatic heterocycles. The van der Waals surface area contributed by atoms with Crippen molar-refractivity contribution in [2.75, 3.05) is 46.5 Å². The largest absolute Gasteiger partial charge is 0.493 e. The first kappa shape index (κ1) is 28.4. The van der Waals surface area contributed by atoms with E-state index in [1.54, 1.807) is 12.0 Å². The van der Waals surface area contributed by atoms with E-state index < -0.39 is 5.60 Å². The van der Waals surface area contributed by atoms with E-state index in [1.165, 1.54) is 6.92 Å². The number of hydrogen-bond donors (Lipinski definition) is 1. The minimum Gasteiger partial charge on any atom is -0.493 e. The van der Waals surface area contributed by atoms with E-state index >= 15 is 0 Å². The number of β-amino-alcohol motifs (C(OH)–C–C–N with tert-alkyl or cyclic N) is 1. The highest BCUT2D eigenvalue weighted by Crippen LogP contribution is 2.29. The number of aromatic nitrogens is 2. The van der Waals surface area contributed by atoms with Crippen LogP contribution in [0.25, 0.3) is 0 Å². The van der Waals surface area contributed by atoms with E-state index in [4.69, 9.17) is 14.2 Å². The Morgan fingerprint density at radius 3 is 2.59 bits per heavy atom. The maximum absolute atomic E-state index is 12.3. The molecule has 0 bridgehead atoms. The number of rotatable bonds is 11. The normalized spacial score (nSPS) is 18.0. The average Bonchev–Trinajstić information content (AvgIpc) is 3.31. The first-order valence-electron chi connectivity index (χ1n) is 13.5. The first-order chi connectivity index (χ1) is 18.8. The standard InChI is InChI=1S/C30H40N4O5/c1-5-29-31-12-13-33(29)16-17-38-27-11-8-25(18-28(27)37-4)19-32-14-15-34(24(3)35)21-30(36,20-32)22-39-26-9-6-23(2)7-10-26/h6-13,18,36H,5,14-17,19-22H2,1-4H3/t30-/m0/s1. The molecule has 9 nitrogen and oxygen atoms in total. The van der Waals surface area contributed by atoms with Crippen molar-refractivity contribution >= 4 is 5.91 Å². The third-order valence-electron chi connectivity index (χ3n) is 7.00. The summed E-state index contributed by atoms with van der Waals surface area (Å²) in [7, 11) is 1.63. The summed E-state index contributed by atoms with van der Waals surface area (Å²) < 4.78 is 19.7. The zero-order valence-electron chi connectivity index (χ0n) is 23.4. The lowest BCUT2D eigenvalue weighted by Gasteiger charge is -2.32. The summed E-state index contributed by atoms with van der Waals surface area (Å²) in [6, 6.07) is 13.6. The molecule has 39 heavy (non-hydrogen) atoms. The highest BCUT2D eigenvalue weighted by Gasteiger charge is 2.37. The van der Waals surface area contributed by atoms with Gasteiger partial charge in [0.2, 0.25) is 5.91 Å². The van der Waals surface area contributed by atoms with Crippen LogP contribution in [0, 0.1) is 6.92 Å². The Labute approximate surface area is 230 Å². The lowest BCUT2D eigenvalue weighted by atomic mass is 10.0. The van der Waals surface area contributed by atoms with E-state index in [9.17, 15) is 9.90 Å². The number of benzene rings is 2. The van der Waals surface area contributed by atoms with Crippen LogP contribution in [0.15, 0.2) is 54.9 Å². The van der Waals surface area contributed by atoms with Crippen molar-refractivity contribution in [2.24, 2.45) is 0 Å². The van der Waals surface area contributed by atoms with Crippen molar-refractivity contribution in [2.45, 2.75) is 45.9 Å². The number of ether oxygens (including phenoxy) is 3. The summed E-state index contributed by atoms with van der Waals surface area (Å²) in [5.74, 6) is 3.01. The SMILES string of the molecule is CCc1nccn1CCOc1ccc(CN2CCN(C(C)=O)C[C@](O)(COc3ccc(C)cc3)C2)cc1OC. The van der Waals surface area contributed by atoms with Gasteiger partial charge in [-0.2, -0.15) is 0 Å². The Bertz CT molecular complexity index is 1230. The Morgan fingerprint density at radius 2 is 1.87 bits per heavy atom. The molecule has 9 heteroatoms. The zero-order chi connectivity index (χ0) is 27.8. The molecule has 2 aromatic carbocycles. The predicted octanol–water partition coefficient (Wildman–Crippen LogP) is 3.32. The van der Waals surface area contributed by atoms with Gasteiger partial charge in [0.15, 0.2) is 11.5 Å². The van der Waals surface area contributed by atoms with Crippen LogP contribution in [-0.4, -0.2) is 82.5 Å². The van der Waals surface area contributed by atoms with Gasteiger partial charge in [0.1, 0.15) is 30.4 Å². The van der Waals surface area contributed by atoms with Gasteiger partial charge in [-0.1, -0.05) is 30.7 Å². The predicted molar refractivity (Wildman–Crippen MR) is 149 cm³/mol. The minimum atomic E-state index is -1.22. The Balaban J connectivity index is 1.41. The number of hydrogen-bond acceptors (Lipinski definition) is 7. The molecule has 4 rings (SSSR count). The fourth-order valence-electron chi connectivity index (χ4n) is 4.89. The molecule has 3 aromatic rings. The summed E-state index contributed by atoms with van der Waals surface area (Å²) in [5.41, 5.74) is 0.950. The topological polar surface area (TPSA) is 89.3 Å². The summed E-state index contributed by atoms with van der Waals surface area (Å²) in [4.78, 5) is 20.5. The molecule has 0 spiro atoms. The second kappa shape index (κ2) is 13.0. The molecule has 2 heterocycles. The number of aliphatic hydroxyl groups is 1. The molecule has 210 valence electrons. The average molecular weight is 537 g/mol. The van der Waals surface area contributed by atoms with Crippen LogP contribution in [-0.2, 0) is 24.3 Å². The summed E-state index contributed by atoms with van der Waals surface area (Å²) in [5, 5.41) is 11.6. The highest BCUT2D eigenvalue weighted by molar-refractivity contribution is 5.73. The number of methoxy groups -OCH3 is 1. The van der Waals surface area contributed by atoms with E-state index in [1.807, 2.05) is 61.8 Å². The molecule has 1 fully saturated rings. The monoisotopic (exact) mass is 536 g/mol. The fraction of sp³-hybridized carbons (Fsp3) is 0.467. The lowest BCUT2D eigenvalue weighted by Crippen LogP contribution is -2.51. The number of carbonyl (C=O) groups excluding carboxylic acids is 1. The van der Waals surface area contributed by atoms with Crippen molar-refractivity contribution in [3.8, 4) is 17.2 Å². The summed E-state index contributed by atoms with van der Waals surface area (Å²) in [6.45, 7) is 9.28. The van der Waals surface area contributed by atoms with Crippen LogP contribution in [0.4, 0.5) is 0 Å². The molecular formula is C30H40N4O5. The smallest absolute Gasteiger partial charge is 0.219 e. The van der Waals surface area contributed by atoms with Gasteiger partial charge in [-0.05, 0) is 36.8 Å². The first-order valence-corrected chi connectivity index (χ1v) is 13.5. The van der Waals surface area contributed by atoms with Crippen molar-refractivity contribution < 1.29 is 24.1 Å². The van der Waals surface area contributed by atoms with E-state index in [0.29, 0.717) is 56.6 Å². The van der Waals surface area contributed by atoms with Gasteiger partial charge in [-0.25, -0.2) is 4.98 Å². The quantitative estimate of drug-likeness (QED) is 0.402. The lowest BCUT2D eigenvalue weighted by molar-refractivity contribution is -0.132. The van der Waals surface area contributed by atoms with Crippen LogP contribution in [0.3, 0.4) is 0 Å². The Morgan fingerprint density at radius 1 is 1.08 bits per heavy atom. The molecule has 0 unspecified atom stereocenters. The van der Waals surface area contributed by atoms with Crippen molar-refractivity contribution in [3.05, 3.63) is 71.8 Å². The van der Waals surface area contributed by atoms with Crippen LogP contribution in [0.5, 0.6) is 17.2 Å². The van der Waals surface area contributed by atoms with Crippen LogP contribution in [0.1, 0.15) is 30.8 Å². The molecule has 1 saturated heterocycles. The highest BCUT2D eigenvalue weighted by atomic mass is 16.5. The van der Waals surface area contributed by atoms with Gasteiger partial charge in [0, 0.05) is 51.9 Å². The second-order valence-electron chi connectivity index (χ2n) is 10.2. The molecule has 1 atom stereocenters. The van der Waals surface area contributed by atoms with Crippen LogP contribution >= 0.6 is 0 Å². The second-order valence-corrected chi connectivity index (χ2v) is 10.2. The number of amides is 1. The minimum absolute atomic E-state index is 0.0597. The van der Waals surface area contributed by atoms with Gasteiger partial charge in [-0.15, -0.1) is 0 Å². The molecular weight excluding hydrogens is 496 g/mol. The number of carbonyl (C=O) groups is 1. The number of aryl methyl sites for hydroxylation is 2. The molecule has 1 amide bonds. The maximum atomic E-state index is 12.3. The van der Waals surface area contributed by atoms with Gasteiger partial charge < -0.3 is 28.8 Å². The number of imidazole rings is 1. The van der Waals surface area contributed by atoms with Gasteiger partial charge in [0.25, 0.3) is 0 Å². The van der Waals surface area contributed by atoms with Gasteiger partial charge >= 0.3 is 0 Å². The third kappa shape index (κ3) is 7.74. The fourth-order valence-corrected chi connectivity index (χ4v) is 4.89. The van der Waals surface area contributed by atoms with Gasteiger partial charge in [0.05, 0.1) is 20.2 Å². The zero-order valence-corrected chi connectivity index (χ0v) is 23.4. The van der Waals surface area contributed by atoms with E-state index in [2.05, 4.69) is 21.4 Å². The molecule has 0 radical (unpaired) electrons. The summed E-state index contributed by atoms with van der Waals surface area (Å²) >= 11 is 0. The van der Waals surface area contributed by atoms with E-state index in [0.717, 1.165) is 23.4 Å². The molecule has 1 aliphatic rings. The molecule has 1 N–H and O–H groups in total. The summed E-state index contributed by atoms with van der Waals surface area (Å²) in [6.07, 6.45) is 4.64. The van der Waals surface area contributed by atoms with Crippen LogP contribution in [0.2, 0.25) is 0 Å². The van der Waals surface area contributed by atoms with Gasteiger partial charge in [-0.3, -0.25) is 9.69 Å². The molecule has 0 saturated carbocycles. The van der Waals surface area contributed by atoms with Crippen LogP contribution < -0.4 is 14.2 Å². The maximum Gasteiger partial charge on any atom is 0.219 e. The Kier molecular flexibility index (Phi) is 9.48. The van der Waals surface area contributed by atoms with Crippen molar-refractivity contribution in [1.82, 2.24) is 19.4 Å². The Hall–Kier alpha value is -3.56. The molecule has 0 aliphatic carbocycles.